The lowest BCUT2D eigenvalue weighted by Crippen LogP contribution is -2.30. The topological polar surface area (TPSA) is 113 Å². The first-order valence-corrected chi connectivity index (χ1v) is 11.0. The number of fused-ring (bicyclic) bond motifs is 3. The summed E-state index contributed by atoms with van der Waals surface area (Å²) in [6.45, 7) is 8.29. The van der Waals surface area contributed by atoms with Gasteiger partial charge >= 0.3 is 0 Å². The van der Waals surface area contributed by atoms with Crippen LogP contribution in [0.1, 0.15) is 72.9 Å². The summed E-state index contributed by atoms with van der Waals surface area (Å²) < 4.78 is 6.34. The van der Waals surface area contributed by atoms with E-state index in [1.54, 1.807) is 0 Å². The van der Waals surface area contributed by atoms with Crippen molar-refractivity contribution < 1.29 is 14.6 Å². The van der Waals surface area contributed by atoms with Gasteiger partial charge in [-0.2, -0.15) is 5.21 Å². The number of aromatic hydroxyl groups is 1. The third-order valence-electron chi connectivity index (χ3n) is 5.88. The van der Waals surface area contributed by atoms with Gasteiger partial charge in [-0.05, 0) is 50.8 Å². The van der Waals surface area contributed by atoms with E-state index in [1.807, 2.05) is 45.0 Å². The summed E-state index contributed by atoms with van der Waals surface area (Å²) in [4.78, 5) is 13.2. The molecule has 32 heavy (non-hydrogen) atoms. The van der Waals surface area contributed by atoms with Crippen LogP contribution in [0.25, 0.3) is 11.1 Å². The molecule has 3 aromatic rings. The minimum atomic E-state index is -0.550. The molecule has 0 saturated carbocycles. The molecule has 0 radical (unpaired) electrons. The predicted molar refractivity (Wildman–Crippen MR) is 121 cm³/mol. The standard InChI is InChI=1S/C24H29N5O3/c1-5-6-7-8-15-12-18-21(16-11-14(2)9-10-17(16)24(3,4)32-18)22(30)20(15)23(31)25-13-19-26-28-29-27-19/h9-12,30H,5-8,13H2,1-4H3,(H,25,31)(H,26,27,28,29). The van der Waals surface area contributed by atoms with Gasteiger partial charge in [0.2, 0.25) is 0 Å². The molecule has 8 heteroatoms. The maximum atomic E-state index is 13.2. The zero-order chi connectivity index (χ0) is 22.9. The molecule has 0 aliphatic carbocycles. The second-order valence-corrected chi connectivity index (χ2v) is 8.76. The number of phenolic OH excluding ortho intramolecular Hbond substituents is 1. The second-order valence-electron chi connectivity index (χ2n) is 8.76. The summed E-state index contributed by atoms with van der Waals surface area (Å²) in [5, 5.41) is 27.8. The molecule has 0 fully saturated rings. The SMILES string of the molecule is CCCCCc1cc2c(c(O)c1C(=O)NCc1nn[nH]n1)-c1cc(C)ccc1C(C)(C)O2. The number of nitrogens with one attached hydrogen (secondary N) is 2. The van der Waals surface area contributed by atoms with Crippen molar-refractivity contribution in [3.05, 3.63) is 52.3 Å². The van der Waals surface area contributed by atoms with Gasteiger partial charge in [0.1, 0.15) is 17.1 Å². The predicted octanol–water partition coefficient (Wildman–Crippen LogP) is 4.17. The van der Waals surface area contributed by atoms with Gasteiger partial charge in [-0.3, -0.25) is 4.79 Å². The Kier molecular flexibility index (Phi) is 5.86. The maximum Gasteiger partial charge on any atom is 0.255 e. The van der Waals surface area contributed by atoms with Crippen LogP contribution in [0.15, 0.2) is 24.3 Å². The lowest BCUT2D eigenvalue weighted by molar-refractivity contribution is 0.0944. The third-order valence-corrected chi connectivity index (χ3v) is 5.88. The normalized spacial score (nSPS) is 13.8. The number of carbonyl (C=O) groups excluding carboxylic acids is 1. The van der Waals surface area contributed by atoms with Crippen LogP contribution < -0.4 is 10.1 Å². The van der Waals surface area contributed by atoms with Crippen LogP contribution in [0.5, 0.6) is 11.5 Å². The molecule has 0 unspecified atom stereocenters. The first-order chi connectivity index (χ1) is 15.3. The van der Waals surface area contributed by atoms with Gasteiger partial charge in [0.15, 0.2) is 5.82 Å². The fourth-order valence-corrected chi connectivity index (χ4v) is 4.28. The summed E-state index contributed by atoms with van der Waals surface area (Å²) in [5.74, 6) is 0.545. The number of amides is 1. The molecule has 2 aromatic carbocycles. The number of hydrogen-bond donors (Lipinski definition) is 3. The molecule has 0 bridgehead atoms. The van der Waals surface area contributed by atoms with Gasteiger partial charge in [0.05, 0.1) is 17.7 Å². The highest BCUT2D eigenvalue weighted by Crippen LogP contribution is 2.51. The van der Waals surface area contributed by atoms with Gasteiger partial charge in [-0.15, -0.1) is 10.2 Å². The van der Waals surface area contributed by atoms with Gasteiger partial charge in [-0.25, -0.2) is 0 Å². The molecule has 1 aliphatic heterocycles. The number of tetrazole rings is 1. The van der Waals surface area contributed by atoms with Gasteiger partial charge in [-0.1, -0.05) is 48.7 Å². The molecule has 0 spiro atoms. The number of rotatable bonds is 7. The summed E-state index contributed by atoms with van der Waals surface area (Å²) in [7, 11) is 0. The highest BCUT2D eigenvalue weighted by Gasteiger charge is 2.36. The summed E-state index contributed by atoms with van der Waals surface area (Å²) in [6, 6.07) is 8.01. The Morgan fingerprint density at radius 3 is 2.78 bits per heavy atom. The van der Waals surface area contributed by atoms with Crippen molar-refractivity contribution in [2.45, 2.75) is 65.5 Å². The molecule has 0 saturated heterocycles. The average Bonchev–Trinajstić information content (AvgIpc) is 3.25. The van der Waals surface area contributed by atoms with Gasteiger partial charge < -0.3 is 15.2 Å². The number of aromatic amines is 1. The number of ether oxygens (including phenoxy) is 1. The van der Waals surface area contributed by atoms with Crippen LogP contribution in [0.2, 0.25) is 0 Å². The van der Waals surface area contributed by atoms with Crippen molar-refractivity contribution >= 4 is 5.91 Å². The number of aryl methyl sites for hydroxylation is 2. The van der Waals surface area contributed by atoms with Crippen LogP contribution in [0.4, 0.5) is 0 Å². The Labute approximate surface area is 187 Å². The zero-order valence-electron chi connectivity index (χ0n) is 19.0. The van der Waals surface area contributed by atoms with Crippen molar-refractivity contribution in [3.8, 4) is 22.6 Å². The van der Waals surface area contributed by atoms with E-state index in [4.69, 9.17) is 4.74 Å². The van der Waals surface area contributed by atoms with E-state index >= 15 is 0 Å². The molecule has 3 N–H and O–H groups in total. The molecule has 0 atom stereocenters. The number of phenols is 1. The van der Waals surface area contributed by atoms with Crippen LogP contribution in [0.3, 0.4) is 0 Å². The fourth-order valence-electron chi connectivity index (χ4n) is 4.28. The third kappa shape index (κ3) is 4.04. The minimum Gasteiger partial charge on any atom is -0.506 e. The summed E-state index contributed by atoms with van der Waals surface area (Å²) in [6.07, 6.45) is 3.69. The lowest BCUT2D eigenvalue weighted by Gasteiger charge is -2.36. The van der Waals surface area contributed by atoms with Crippen molar-refractivity contribution in [2.75, 3.05) is 0 Å². The Morgan fingerprint density at radius 1 is 1.25 bits per heavy atom. The van der Waals surface area contributed by atoms with Crippen molar-refractivity contribution in [1.82, 2.24) is 25.9 Å². The molecule has 1 amide bonds. The highest BCUT2D eigenvalue weighted by molar-refractivity contribution is 6.02. The van der Waals surface area contributed by atoms with Crippen LogP contribution in [0, 0.1) is 6.92 Å². The van der Waals surface area contributed by atoms with E-state index in [0.717, 1.165) is 41.5 Å². The van der Waals surface area contributed by atoms with E-state index in [2.05, 4.69) is 32.9 Å². The Bertz CT molecular complexity index is 1140. The van der Waals surface area contributed by atoms with E-state index in [-0.39, 0.29) is 23.8 Å². The molecule has 168 valence electrons. The maximum absolute atomic E-state index is 13.2. The minimum absolute atomic E-state index is 0.0537. The van der Waals surface area contributed by atoms with Gasteiger partial charge in [0, 0.05) is 5.56 Å². The molecule has 8 nitrogen and oxygen atoms in total. The smallest absolute Gasteiger partial charge is 0.255 e. The summed E-state index contributed by atoms with van der Waals surface area (Å²) >= 11 is 0. The first kappa shape index (κ1) is 21.8. The lowest BCUT2D eigenvalue weighted by atomic mass is 9.83. The molecule has 4 rings (SSSR count). The Morgan fingerprint density at radius 2 is 2.06 bits per heavy atom. The number of H-pyrrole nitrogens is 1. The van der Waals surface area contributed by atoms with E-state index in [0.29, 0.717) is 23.6 Å². The largest absolute Gasteiger partial charge is 0.506 e. The number of nitrogens with zero attached hydrogens (tertiary/aromatic N) is 3. The quantitative estimate of drug-likeness (QED) is 0.480. The number of unbranched alkanes of at least 4 members (excludes halogenated alkanes) is 2. The average molecular weight is 436 g/mol. The molecule has 1 aromatic heterocycles. The van der Waals surface area contributed by atoms with E-state index in [1.165, 1.54) is 0 Å². The van der Waals surface area contributed by atoms with Crippen LogP contribution in [-0.4, -0.2) is 31.6 Å². The number of aromatic nitrogens is 4. The molecular formula is C24H29N5O3. The van der Waals surface area contributed by atoms with Crippen LogP contribution in [-0.2, 0) is 18.6 Å². The molecule has 2 heterocycles. The Balaban J connectivity index is 1.82. The fraction of sp³-hybridized carbons (Fsp3) is 0.417. The molecule has 1 aliphatic rings. The highest BCUT2D eigenvalue weighted by atomic mass is 16.5. The van der Waals surface area contributed by atoms with E-state index < -0.39 is 5.60 Å². The van der Waals surface area contributed by atoms with Crippen molar-refractivity contribution in [1.29, 1.82) is 0 Å². The number of benzene rings is 2. The monoisotopic (exact) mass is 435 g/mol. The zero-order valence-corrected chi connectivity index (χ0v) is 19.0. The first-order valence-electron chi connectivity index (χ1n) is 11.0. The van der Waals surface area contributed by atoms with Gasteiger partial charge in [0.25, 0.3) is 5.91 Å². The summed E-state index contributed by atoms with van der Waals surface area (Å²) in [5.41, 5.74) is 4.00. The number of hydrogen-bond acceptors (Lipinski definition) is 6. The van der Waals surface area contributed by atoms with Crippen molar-refractivity contribution in [3.63, 3.8) is 0 Å². The molecular weight excluding hydrogens is 406 g/mol. The Hall–Kier alpha value is -3.42. The van der Waals surface area contributed by atoms with Crippen LogP contribution >= 0.6 is 0 Å². The van der Waals surface area contributed by atoms with Crippen molar-refractivity contribution in [2.24, 2.45) is 0 Å². The van der Waals surface area contributed by atoms with E-state index in [9.17, 15) is 9.90 Å². The second kappa shape index (κ2) is 8.61. The number of carbonyl (C=O) groups is 1.